The summed E-state index contributed by atoms with van der Waals surface area (Å²) in [5.41, 5.74) is 0. The minimum absolute atomic E-state index is 0. The first-order valence-corrected chi connectivity index (χ1v) is 15.9. The number of fused-ring (bicyclic) bond motifs is 3. The van der Waals surface area contributed by atoms with E-state index >= 15 is 0 Å². The monoisotopic (exact) mass is 469 g/mol. The Morgan fingerprint density at radius 3 is 1.21 bits per heavy atom. The third kappa shape index (κ3) is 8.43. The molecule has 3 rings (SSSR count). The zero-order valence-electron chi connectivity index (χ0n) is 19.6. The first-order chi connectivity index (χ1) is 11.5. The van der Waals surface area contributed by atoms with Crippen LogP contribution in [0.25, 0.3) is 21.5 Å². The van der Waals surface area contributed by atoms with Gasteiger partial charge in [0.25, 0.3) is 0 Å². The topological polar surface area (TPSA) is 0 Å². The first-order valence-electron chi connectivity index (χ1n) is 8.94. The van der Waals surface area contributed by atoms with Crippen LogP contribution in [0.4, 0.5) is 0 Å². The fourth-order valence-corrected chi connectivity index (χ4v) is 6.87. The summed E-state index contributed by atoms with van der Waals surface area (Å²) < 4.78 is 0. The van der Waals surface area contributed by atoms with E-state index in [4.69, 9.17) is 0 Å². The third-order valence-corrected chi connectivity index (χ3v) is 9.17. The Balaban J connectivity index is -0.000000412. The van der Waals surface area contributed by atoms with Crippen LogP contribution in [-0.4, -0.2) is 27.1 Å². The van der Waals surface area contributed by atoms with Gasteiger partial charge in [0.05, 0.1) is 16.1 Å². The maximum absolute atomic E-state index is 4.19. The van der Waals surface area contributed by atoms with Crippen molar-refractivity contribution in [2.24, 2.45) is 0 Å². The average Bonchev–Trinajstić information content (AvgIpc) is 2.91. The van der Waals surface area contributed by atoms with Gasteiger partial charge in [0, 0.05) is 11.0 Å². The minimum Gasteiger partial charge on any atom is -0.358 e. The maximum atomic E-state index is 4.19. The molecule has 3 aromatic carbocycles. The second-order valence-electron chi connectivity index (χ2n) is 8.78. The molecule has 0 aliphatic rings. The smallest absolute Gasteiger partial charge is 0.358 e. The molecule has 153 valence electrons. The van der Waals surface area contributed by atoms with Gasteiger partial charge in [-0.15, -0.1) is 39.7 Å². The van der Waals surface area contributed by atoms with Gasteiger partial charge < -0.3 is 14.9 Å². The van der Waals surface area contributed by atoms with E-state index in [1.54, 1.807) is 0 Å². The van der Waals surface area contributed by atoms with Gasteiger partial charge in [0.2, 0.25) is 0 Å². The van der Waals surface area contributed by atoms with Crippen molar-refractivity contribution < 1.29 is 21.7 Å². The van der Waals surface area contributed by atoms with Crippen LogP contribution in [0.15, 0.2) is 78.1 Å². The SMILES string of the molecule is C=C(C(=C)[Si](C)(C)C)[Si](C)(C)C.[CH3-].[CH3-].[Si].[Ti+3].c1ccc2c(c1)[cH-]c1ccccc12. The average molecular weight is 470 g/mol. The zero-order chi connectivity index (χ0) is 18.8. The van der Waals surface area contributed by atoms with E-state index in [9.17, 15) is 0 Å². The van der Waals surface area contributed by atoms with Gasteiger partial charge in [-0.05, 0) is 0 Å². The molecular formula is C25H37Si3Ti. The molecule has 0 atom stereocenters. The van der Waals surface area contributed by atoms with Crippen molar-refractivity contribution in [1.29, 1.82) is 0 Å². The van der Waals surface area contributed by atoms with Crippen LogP contribution < -0.4 is 0 Å². The quantitative estimate of drug-likeness (QED) is 0.207. The largest absolute Gasteiger partial charge is 3.00 e. The van der Waals surface area contributed by atoms with Crippen LogP contribution in [0.3, 0.4) is 0 Å². The van der Waals surface area contributed by atoms with E-state index in [0.29, 0.717) is 0 Å². The molecule has 29 heavy (non-hydrogen) atoms. The van der Waals surface area contributed by atoms with Crippen molar-refractivity contribution in [3.05, 3.63) is 93.0 Å². The molecule has 0 unspecified atom stereocenters. The molecule has 0 nitrogen and oxygen atoms in total. The van der Waals surface area contributed by atoms with Gasteiger partial charge in [-0.3, -0.25) is 0 Å². The number of hydrogen-bond acceptors (Lipinski definition) is 0. The molecule has 4 heteroatoms. The molecule has 0 aromatic heterocycles. The molecule has 0 spiro atoms. The molecular weight excluding hydrogens is 432 g/mol. The van der Waals surface area contributed by atoms with Crippen LogP contribution >= 0.6 is 0 Å². The van der Waals surface area contributed by atoms with Crippen LogP contribution in [0.2, 0.25) is 39.3 Å². The Bertz CT molecular complexity index is 835. The number of benzene rings is 2. The Labute approximate surface area is 201 Å². The molecule has 0 saturated carbocycles. The van der Waals surface area contributed by atoms with E-state index in [-0.39, 0.29) is 47.5 Å². The molecule has 0 aliphatic heterocycles. The van der Waals surface area contributed by atoms with Gasteiger partial charge in [-0.2, -0.15) is 0 Å². The second-order valence-corrected chi connectivity index (χ2v) is 19.0. The Hall–Kier alpha value is -0.845. The molecule has 3 aromatic rings. The van der Waals surface area contributed by atoms with Gasteiger partial charge in [0.1, 0.15) is 0 Å². The fourth-order valence-electron chi connectivity index (χ4n) is 2.81. The van der Waals surface area contributed by atoms with Crippen LogP contribution in [0, 0.1) is 14.9 Å². The molecule has 0 bridgehead atoms. The molecule has 0 saturated heterocycles. The normalized spacial score (nSPS) is 10.3. The van der Waals surface area contributed by atoms with Crippen LogP contribution in [0.5, 0.6) is 0 Å². The summed E-state index contributed by atoms with van der Waals surface area (Å²) >= 11 is 0. The molecule has 0 N–H and O–H groups in total. The summed E-state index contributed by atoms with van der Waals surface area (Å²) in [7, 11) is -2.39. The molecule has 0 fully saturated rings. The number of rotatable bonds is 3. The Morgan fingerprint density at radius 1 is 0.655 bits per heavy atom. The number of allylic oxidation sites excluding steroid dienone is 2. The molecule has 0 amide bonds. The van der Waals surface area contributed by atoms with Crippen LogP contribution in [0.1, 0.15) is 0 Å². The minimum atomic E-state index is -1.19. The third-order valence-electron chi connectivity index (χ3n) is 4.70. The van der Waals surface area contributed by atoms with Crippen LogP contribution in [-0.2, 0) is 21.7 Å². The first kappa shape index (κ1) is 32.8. The molecule has 0 aliphatic carbocycles. The summed E-state index contributed by atoms with van der Waals surface area (Å²) in [5, 5.41) is 8.12. The predicted molar refractivity (Wildman–Crippen MR) is 141 cm³/mol. The summed E-state index contributed by atoms with van der Waals surface area (Å²) in [6.07, 6.45) is 0. The van der Waals surface area contributed by atoms with Gasteiger partial charge in [-0.1, -0.05) is 99.2 Å². The van der Waals surface area contributed by atoms with E-state index in [1.165, 1.54) is 31.9 Å². The maximum Gasteiger partial charge on any atom is 3.00 e. The summed E-state index contributed by atoms with van der Waals surface area (Å²) in [6.45, 7) is 22.4. The van der Waals surface area contributed by atoms with Crippen molar-refractivity contribution in [2.45, 2.75) is 39.3 Å². The van der Waals surface area contributed by atoms with E-state index < -0.39 is 16.1 Å². The summed E-state index contributed by atoms with van der Waals surface area (Å²) in [4.78, 5) is 0. The van der Waals surface area contributed by atoms with Crippen molar-refractivity contribution in [3.8, 4) is 0 Å². The number of hydrogen-bond donors (Lipinski definition) is 0. The fraction of sp³-hybridized carbons (Fsp3) is 0.240. The predicted octanol–water partition coefficient (Wildman–Crippen LogP) is 8.08. The van der Waals surface area contributed by atoms with Crippen molar-refractivity contribution in [2.75, 3.05) is 0 Å². The Morgan fingerprint density at radius 2 is 0.931 bits per heavy atom. The van der Waals surface area contributed by atoms with Crippen molar-refractivity contribution in [3.63, 3.8) is 0 Å². The van der Waals surface area contributed by atoms with Gasteiger partial charge >= 0.3 is 21.7 Å². The van der Waals surface area contributed by atoms with Crippen molar-refractivity contribution >= 4 is 48.7 Å². The van der Waals surface area contributed by atoms with E-state index in [1.807, 2.05) is 0 Å². The van der Waals surface area contributed by atoms with Crippen molar-refractivity contribution in [1.82, 2.24) is 0 Å². The second kappa shape index (κ2) is 12.8. The van der Waals surface area contributed by atoms with E-state index in [0.717, 1.165) is 0 Å². The van der Waals surface area contributed by atoms with Gasteiger partial charge in [-0.25, -0.2) is 0 Å². The van der Waals surface area contributed by atoms with Gasteiger partial charge in [0.15, 0.2) is 0 Å². The molecule has 5 radical (unpaired) electrons. The zero-order valence-corrected chi connectivity index (χ0v) is 24.2. The molecule has 0 heterocycles. The van der Waals surface area contributed by atoms with E-state index in [2.05, 4.69) is 107 Å². The summed E-state index contributed by atoms with van der Waals surface area (Å²) in [5.74, 6) is 0. The standard InChI is InChI=1S/C13H9.C10H22Si2.2CH3.Si.Ti/c1-3-7-12-10(5-1)9-11-6-2-4-8-13(11)12;1-9(11(3,4)5)10(2)12(6,7)8;;;;/h1-9H;1-2H2,3-8H3;2*1H3;;/q-1;;2*-1;;+3. The summed E-state index contributed by atoms with van der Waals surface area (Å²) in [6, 6.07) is 19.3. The Kier molecular flexibility index (Phi) is 14.4.